The van der Waals surface area contributed by atoms with Crippen molar-refractivity contribution in [3.8, 4) is 0 Å². The Balaban J connectivity index is 1.13. The first-order chi connectivity index (χ1) is 15.8. The third-order valence-corrected chi connectivity index (χ3v) is 10.1. The molecule has 0 aromatic carbocycles. The van der Waals surface area contributed by atoms with Gasteiger partial charge in [-0.25, -0.2) is 0 Å². The van der Waals surface area contributed by atoms with Crippen LogP contribution in [-0.4, -0.2) is 46.6 Å². The molecule has 5 aliphatic rings. The van der Waals surface area contributed by atoms with E-state index in [2.05, 4.69) is 13.8 Å². The van der Waals surface area contributed by atoms with Gasteiger partial charge in [-0.15, -0.1) is 0 Å². The third kappa shape index (κ3) is 4.66. The number of fused-ring (bicyclic) bond motifs is 2. The molecule has 5 rings (SSSR count). The minimum atomic E-state index is -0.514. The van der Waals surface area contributed by atoms with Crippen molar-refractivity contribution in [1.29, 1.82) is 0 Å². The highest BCUT2D eigenvalue weighted by molar-refractivity contribution is 5.77. The largest absolute Gasteiger partial charge is 0.459 e. The van der Waals surface area contributed by atoms with E-state index in [4.69, 9.17) is 18.9 Å². The van der Waals surface area contributed by atoms with E-state index >= 15 is 0 Å². The summed E-state index contributed by atoms with van der Waals surface area (Å²) in [5.41, 5.74) is -0.908. The molecule has 8 atom stereocenters. The average Bonchev–Trinajstić information content (AvgIpc) is 3.64. The van der Waals surface area contributed by atoms with Gasteiger partial charge in [0.2, 0.25) is 0 Å². The Kier molecular flexibility index (Phi) is 5.91. The maximum Gasteiger partial charge on any atom is 0.309 e. The highest BCUT2D eigenvalue weighted by Gasteiger charge is 2.59. The van der Waals surface area contributed by atoms with E-state index in [9.17, 15) is 9.59 Å². The SMILES string of the molecule is CC(C)(OC(=O)C1CCCC(C(=O)OC(C)(C)C2CCC3(C)OC3C2)C1)C1CCC2(C)OC2C1. The number of epoxide rings is 2. The van der Waals surface area contributed by atoms with E-state index in [1.54, 1.807) is 0 Å². The van der Waals surface area contributed by atoms with Crippen LogP contribution in [0.25, 0.3) is 0 Å². The molecule has 2 heterocycles. The molecule has 0 aromatic heterocycles. The third-order valence-electron chi connectivity index (χ3n) is 10.1. The van der Waals surface area contributed by atoms with Crippen molar-refractivity contribution in [3.05, 3.63) is 0 Å². The van der Waals surface area contributed by atoms with Crippen LogP contribution in [0.4, 0.5) is 0 Å². The monoisotopic (exact) mass is 476 g/mol. The van der Waals surface area contributed by atoms with E-state index < -0.39 is 11.2 Å². The van der Waals surface area contributed by atoms with Crippen LogP contribution in [0, 0.1) is 23.7 Å². The summed E-state index contributed by atoms with van der Waals surface area (Å²) in [5, 5.41) is 0. The highest BCUT2D eigenvalue weighted by Crippen LogP contribution is 2.53. The van der Waals surface area contributed by atoms with Gasteiger partial charge in [0.1, 0.15) is 11.2 Å². The molecule has 0 aromatic rings. The van der Waals surface area contributed by atoms with E-state index in [0.717, 1.165) is 57.8 Å². The predicted octanol–water partition coefficient (Wildman–Crippen LogP) is 5.35. The van der Waals surface area contributed by atoms with Gasteiger partial charge in [0.25, 0.3) is 0 Å². The summed E-state index contributed by atoms with van der Waals surface area (Å²) in [7, 11) is 0. The fourth-order valence-electron chi connectivity index (χ4n) is 7.02. The zero-order valence-corrected chi connectivity index (χ0v) is 22.0. The summed E-state index contributed by atoms with van der Waals surface area (Å²) < 4.78 is 23.9. The van der Waals surface area contributed by atoms with E-state index in [1.165, 1.54) is 0 Å². The molecule has 34 heavy (non-hydrogen) atoms. The van der Waals surface area contributed by atoms with Crippen LogP contribution in [0.2, 0.25) is 0 Å². The molecule has 0 amide bonds. The number of carbonyl (C=O) groups is 2. The van der Waals surface area contributed by atoms with E-state index in [0.29, 0.717) is 30.5 Å². The standard InChI is InChI=1S/C28H44O6/c1-25(2,19-10-12-27(5)21(15-19)31-27)33-23(29)17-8-7-9-18(14-17)24(30)34-26(3,4)20-11-13-28(6)22(16-20)32-28/h17-22H,7-16H2,1-6H3. The minimum absolute atomic E-state index is 0.0598. The topological polar surface area (TPSA) is 77.7 Å². The molecule has 3 aliphatic carbocycles. The van der Waals surface area contributed by atoms with Gasteiger partial charge in [-0.1, -0.05) is 6.42 Å². The van der Waals surface area contributed by atoms with Crippen LogP contribution in [-0.2, 0) is 28.5 Å². The summed E-state index contributed by atoms with van der Waals surface area (Å²) in [6, 6.07) is 0. The van der Waals surface area contributed by atoms with Gasteiger partial charge < -0.3 is 18.9 Å². The molecular weight excluding hydrogens is 432 g/mol. The fourth-order valence-corrected chi connectivity index (χ4v) is 7.02. The van der Waals surface area contributed by atoms with Crippen molar-refractivity contribution in [1.82, 2.24) is 0 Å². The number of ether oxygens (including phenoxy) is 4. The molecule has 0 bridgehead atoms. The van der Waals surface area contributed by atoms with Gasteiger partial charge in [-0.3, -0.25) is 9.59 Å². The summed E-state index contributed by atoms with van der Waals surface area (Å²) in [6.45, 7) is 12.5. The van der Waals surface area contributed by atoms with Gasteiger partial charge in [-0.05, 0) is 99.3 Å². The van der Waals surface area contributed by atoms with Crippen molar-refractivity contribution in [3.63, 3.8) is 0 Å². The molecule has 3 saturated carbocycles. The van der Waals surface area contributed by atoms with Crippen LogP contribution in [0.1, 0.15) is 106 Å². The minimum Gasteiger partial charge on any atom is -0.459 e. The van der Waals surface area contributed by atoms with E-state index in [-0.39, 0.29) is 35.0 Å². The zero-order chi connectivity index (χ0) is 24.5. The Morgan fingerprint density at radius 2 is 1.12 bits per heavy atom. The molecule has 8 unspecified atom stereocenters. The van der Waals surface area contributed by atoms with Crippen LogP contribution < -0.4 is 0 Å². The van der Waals surface area contributed by atoms with Crippen molar-refractivity contribution >= 4 is 11.9 Å². The fraction of sp³-hybridized carbons (Fsp3) is 0.929. The molecule has 2 saturated heterocycles. The van der Waals surface area contributed by atoms with Crippen molar-refractivity contribution in [2.45, 2.75) is 140 Å². The number of hydrogen-bond acceptors (Lipinski definition) is 6. The van der Waals surface area contributed by atoms with Gasteiger partial charge in [0.05, 0.1) is 35.2 Å². The molecule has 5 fully saturated rings. The second-order valence-corrected chi connectivity index (χ2v) is 13.4. The Hall–Kier alpha value is -1.14. The van der Waals surface area contributed by atoms with Crippen LogP contribution >= 0.6 is 0 Å². The molecule has 0 radical (unpaired) electrons. The Labute approximate surface area is 204 Å². The molecule has 0 N–H and O–H groups in total. The maximum atomic E-state index is 13.2. The van der Waals surface area contributed by atoms with E-state index in [1.807, 2.05) is 27.7 Å². The first-order valence-corrected chi connectivity index (χ1v) is 13.6. The Bertz CT molecular complexity index is 769. The summed E-state index contributed by atoms with van der Waals surface area (Å²) in [5.74, 6) is -0.122. The quantitative estimate of drug-likeness (QED) is 0.380. The number of rotatable bonds is 6. The normalized spacial score (nSPS) is 43.8. The molecule has 6 nitrogen and oxygen atoms in total. The lowest BCUT2D eigenvalue weighted by Gasteiger charge is -2.39. The van der Waals surface area contributed by atoms with Gasteiger partial charge in [-0.2, -0.15) is 0 Å². The number of carbonyl (C=O) groups excluding carboxylic acids is 2. The lowest BCUT2D eigenvalue weighted by atomic mass is 9.75. The first kappa shape index (κ1) is 24.5. The first-order valence-electron chi connectivity index (χ1n) is 13.6. The lowest BCUT2D eigenvalue weighted by Crippen LogP contribution is -2.44. The molecule has 2 aliphatic heterocycles. The predicted molar refractivity (Wildman–Crippen MR) is 127 cm³/mol. The molecule has 0 spiro atoms. The van der Waals surface area contributed by atoms with Gasteiger partial charge in [0.15, 0.2) is 0 Å². The van der Waals surface area contributed by atoms with Crippen molar-refractivity contribution in [2.75, 3.05) is 0 Å². The second-order valence-electron chi connectivity index (χ2n) is 13.4. The second kappa shape index (κ2) is 8.19. The maximum absolute atomic E-state index is 13.2. The van der Waals surface area contributed by atoms with Crippen LogP contribution in [0.15, 0.2) is 0 Å². The summed E-state index contributed by atoms with van der Waals surface area (Å²) in [6.07, 6.45) is 9.61. The van der Waals surface area contributed by atoms with Gasteiger partial charge in [0, 0.05) is 11.8 Å². The highest BCUT2D eigenvalue weighted by atomic mass is 16.6. The molecule has 6 heteroatoms. The summed E-state index contributed by atoms with van der Waals surface area (Å²) in [4.78, 5) is 26.3. The smallest absolute Gasteiger partial charge is 0.309 e. The van der Waals surface area contributed by atoms with Crippen LogP contribution in [0.3, 0.4) is 0 Å². The summed E-state index contributed by atoms with van der Waals surface area (Å²) >= 11 is 0. The zero-order valence-electron chi connectivity index (χ0n) is 22.0. The number of hydrogen-bond donors (Lipinski definition) is 0. The Morgan fingerprint density at radius 1 is 0.706 bits per heavy atom. The van der Waals surface area contributed by atoms with Crippen molar-refractivity contribution in [2.24, 2.45) is 23.7 Å². The molecular formula is C28H44O6. The Morgan fingerprint density at radius 3 is 1.50 bits per heavy atom. The van der Waals surface area contributed by atoms with Crippen LogP contribution in [0.5, 0.6) is 0 Å². The number of esters is 2. The van der Waals surface area contributed by atoms with Crippen molar-refractivity contribution < 1.29 is 28.5 Å². The lowest BCUT2D eigenvalue weighted by molar-refractivity contribution is -0.174. The molecule has 192 valence electrons. The average molecular weight is 477 g/mol. The van der Waals surface area contributed by atoms with Gasteiger partial charge >= 0.3 is 11.9 Å².